The number of H-pyrrole nitrogens is 2. The number of carbonyl (C=O) groups excluding carboxylic acids is 2. The Morgan fingerprint density at radius 1 is 1.09 bits per heavy atom. The van der Waals surface area contributed by atoms with Crippen LogP contribution < -0.4 is 11.0 Å². The fourth-order valence-corrected chi connectivity index (χ4v) is 5.43. The molecule has 2 aliphatic rings. The van der Waals surface area contributed by atoms with E-state index in [1.807, 2.05) is 0 Å². The van der Waals surface area contributed by atoms with Crippen LogP contribution in [0.4, 0.5) is 18.9 Å². The fraction of sp³-hybridized carbons (Fsp3) is 0.321. The van der Waals surface area contributed by atoms with Crippen LogP contribution in [0.3, 0.4) is 0 Å². The van der Waals surface area contributed by atoms with Gasteiger partial charge in [-0.1, -0.05) is 11.6 Å². The van der Waals surface area contributed by atoms with E-state index in [2.05, 4.69) is 35.7 Å². The van der Waals surface area contributed by atoms with Gasteiger partial charge in [-0.15, -0.1) is 5.10 Å². The number of aromatic nitrogens is 6. The zero-order chi connectivity index (χ0) is 33.7. The standard InChI is InChI=1S/C26H26ClN9O4.C2HF3O2/c27-17-2-5-22(36-15-28-32-33-36)16(11-17)1-6-24(37)35-14-19(34-7-9-40-10-8-34)13-23(35)25(38)29-18-3-4-20-21(12-18)31-26(39)30-20;3-2(4,5)1(6)7/h1-6,11-12,15,19,23H,7-10,13-14H2,(H,29,38)(H2,30,31,39);(H,6,7)/b6-1+;/t19-,23-;/m0./s1. The van der Waals surface area contributed by atoms with Crippen LogP contribution in [0.5, 0.6) is 0 Å². The fourth-order valence-electron chi connectivity index (χ4n) is 5.24. The highest BCUT2D eigenvalue weighted by Gasteiger charge is 2.41. The number of aliphatic carboxylic acids is 1. The summed E-state index contributed by atoms with van der Waals surface area (Å²) in [4.78, 5) is 56.9. The number of hydrogen-bond donors (Lipinski definition) is 4. The molecular weight excluding hydrogens is 651 g/mol. The predicted molar refractivity (Wildman–Crippen MR) is 161 cm³/mol. The number of tetrazole rings is 1. The van der Waals surface area contributed by atoms with Gasteiger partial charge in [0.1, 0.15) is 12.4 Å². The lowest BCUT2D eigenvalue weighted by Crippen LogP contribution is -2.45. The van der Waals surface area contributed by atoms with E-state index in [0.29, 0.717) is 59.2 Å². The first-order chi connectivity index (χ1) is 22.4. The second-order valence-electron chi connectivity index (χ2n) is 10.5. The second kappa shape index (κ2) is 14.1. The molecule has 0 bridgehead atoms. The lowest BCUT2D eigenvalue weighted by Gasteiger charge is -2.31. The number of morpholine rings is 1. The maximum Gasteiger partial charge on any atom is 0.490 e. The summed E-state index contributed by atoms with van der Waals surface area (Å²) >= 11 is 6.22. The van der Waals surface area contributed by atoms with Crippen molar-refractivity contribution in [3.8, 4) is 5.69 Å². The zero-order valence-electron chi connectivity index (χ0n) is 24.3. The summed E-state index contributed by atoms with van der Waals surface area (Å²) in [6.45, 7) is 3.12. The Morgan fingerprint density at radius 3 is 2.49 bits per heavy atom. The number of hydrogen-bond acceptors (Lipinski definition) is 9. The Kier molecular flexibility index (Phi) is 10.0. The number of anilines is 1. The van der Waals surface area contributed by atoms with Crippen molar-refractivity contribution in [1.29, 1.82) is 0 Å². The minimum absolute atomic E-state index is 0.0171. The van der Waals surface area contributed by atoms with Gasteiger partial charge in [0, 0.05) is 48.0 Å². The van der Waals surface area contributed by atoms with Crippen molar-refractivity contribution in [3.63, 3.8) is 0 Å². The normalized spacial score (nSPS) is 18.7. The SMILES string of the molecule is O=C(Nc1ccc2[nH]c(=O)[nH]c2c1)[C@@H]1C[C@H](N2CCOCC2)CN1C(=O)/C=C/c1cc(Cl)ccc1-n1cnnn1.O=C(O)C(F)(F)F. The summed E-state index contributed by atoms with van der Waals surface area (Å²) in [7, 11) is 0. The molecule has 4 aromatic rings. The van der Waals surface area contributed by atoms with Crippen LogP contribution in [0.15, 0.2) is 53.6 Å². The highest BCUT2D eigenvalue weighted by molar-refractivity contribution is 6.30. The molecule has 19 heteroatoms. The predicted octanol–water partition coefficient (Wildman–Crippen LogP) is 2.07. The maximum absolute atomic E-state index is 13.6. The molecule has 2 aromatic carbocycles. The lowest BCUT2D eigenvalue weighted by molar-refractivity contribution is -0.192. The highest BCUT2D eigenvalue weighted by atomic mass is 35.5. The Morgan fingerprint density at radius 2 is 1.81 bits per heavy atom. The second-order valence-corrected chi connectivity index (χ2v) is 10.9. The molecule has 2 atom stereocenters. The summed E-state index contributed by atoms with van der Waals surface area (Å²) in [5.74, 6) is -3.36. The van der Waals surface area contributed by atoms with Crippen LogP contribution in [-0.4, -0.2) is 114 Å². The van der Waals surface area contributed by atoms with Gasteiger partial charge in [-0.3, -0.25) is 14.5 Å². The Bertz CT molecular complexity index is 1840. The molecule has 0 unspecified atom stereocenters. The van der Waals surface area contributed by atoms with E-state index < -0.39 is 18.2 Å². The molecule has 2 saturated heterocycles. The monoisotopic (exact) mass is 677 g/mol. The van der Waals surface area contributed by atoms with Crippen molar-refractivity contribution >= 4 is 52.2 Å². The molecule has 6 rings (SSSR count). The Hall–Kier alpha value is -5.07. The van der Waals surface area contributed by atoms with E-state index in [4.69, 9.17) is 26.2 Å². The first-order valence-electron chi connectivity index (χ1n) is 14.1. The van der Waals surface area contributed by atoms with Crippen molar-refractivity contribution in [2.45, 2.75) is 24.7 Å². The average molecular weight is 678 g/mol. The molecular formula is C28H27ClF3N9O6. The number of benzene rings is 2. The number of imidazole rings is 1. The quantitative estimate of drug-likeness (QED) is 0.220. The summed E-state index contributed by atoms with van der Waals surface area (Å²) < 4.78 is 38.7. The third-order valence-electron chi connectivity index (χ3n) is 7.44. The summed E-state index contributed by atoms with van der Waals surface area (Å²) in [6.07, 6.45) is -0.0468. The summed E-state index contributed by atoms with van der Waals surface area (Å²) in [5, 5.41) is 21.8. The number of carboxylic acids is 1. The number of fused-ring (bicyclic) bond motifs is 1. The van der Waals surface area contributed by atoms with Gasteiger partial charge in [-0.2, -0.15) is 17.9 Å². The summed E-state index contributed by atoms with van der Waals surface area (Å²) in [5.41, 5.74) is 2.71. The van der Waals surface area contributed by atoms with E-state index in [1.165, 1.54) is 17.1 Å². The van der Waals surface area contributed by atoms with Crippen LogP contribution in [0.25, 0.3) is 22.8 Å². The Labute approximate surface area is 267 Å². The first-order valence-corrected chi connectivity index (χ1v) is 14.4. The van der Waals surface area contributed by atoms with Crippen LogP contribution in [0.1, 0.15) is 12.0 Å². The van der Waals surface area contributed by atoms with Crippen LogP contribution in [-0.2, 0) is 19.1 Å². The largest absolute Gasteiger partial charge is 0.490 e. The molecule has 0 spiro atoms. The van der Waals surface area contributed by atoms with Gasteiger partial charge < -0.3 is 30.0 Å². The molecule has 0 saturated carbocycles. The third-order valence-corrected chi connectivity index (χ3v) is 7.68. The molecule has 0 aliphatic carbocycles. The van der Waals surface area contributed by atoms with Gasteiger partial charge >= 0.3 is 17.8 Å². The number of nitrogens with zero attached hydrogens (tertiary/aromatic N) is 6. The third kappa shape index (κ3) is 8.21. The van der Waals surface area contributed by atoms with E-state index >= 15 is 0 Å². The van der Waals surface area contributed by atoms with Crippen molar-refractivity contribution in [2.75, 3.05) is 38.2 Å². The van der Waals surface area contributed by atoms with Gasteiger partial charge in [0.05, 0.1) is 29.9 Å². The molecule has 2 aliphatic heterocycles. The average Bonchev–Trinajstić information content (AvgIpc) is 3.80. The molecule has 2 amide bonds. The van der Waals surface area contributed by atoms with Gasteiger partial charge in [0.25, 0.3) is 0 Å². The molecule has 47 heavy (non-hydrogen) atoms. The van der Waals surface area contributed by atoms with Crippen molar-refractivity contribution in [2.24, 2.45) is 0 Å². The molecule has 0 radical (unpaired) electrons. The van der Waals surface area contributed by atoms with Gasteiger partial charge in [0.15, 0.2) is 0 Å². The van der Waals surface area contributed by atoms with E-state index in [1.54, 1.807) is 47.4 Å². The van der Waals surface area contributed by atoms with Crippen LogP contribution in [0.2, 0.25) is 5.02 Å². The molecule has 15 nitrogen and oxygen atoms in total. The van der Waals surface area contributed by atoms with Crippen molar-refractivity contribution in [1.82, 2.24) is 40.0 Å². The minimum Gasteiger partial charge on any atom is -0.475 e. The number of aromatic amines is 2. The lowest BCUT2D eigenvalue weighted by atomic mass is 10.1. The zero-order valence-corrected chi connectivity index (χ0v) is 25.0. The van der Waals surface area contributed by atoms with E-state index in [9.17, 15) is 27.6 Å². The van der Waals surface area contributed by atoms with Crippen molar-refractivity contribution < 1.29 is 37.4 Å². The van der Waals surface area contributed by atoms with Crippen LogP contribution in [0, 0.1) is 0 Å². The van der Waals surface area contributed by atoms with E-state index in [-0.39, 0.29) is 23.5 Å². The Balaban J connectivity index is 0.000000559. The molecule has 248 valence electrons. The number of halogens is 4. The smallest absolute Gasteiger partial charge is 0.475 e. The highest BCUT2D eigenvalue weighted by Crippen LogP contribution is 2.27. The minimum atomic E-state index is -5.08. The summed E-state index contributed by atoms with van der Waals surface area (Å²) in [6, 6.07) is 9.63. The number of carboxylic acid groups (broad SMARTS) is 1. The number of alkyl halides is 3. The van der Waals surface area contributed by atoms with E-state index in [0.717, 1.165) is 13.1 Å². The first kappa shape index (κ1) is 33.3. The van der Waals surface area contributed by atoms with Crippen molar-refractivity contribution in [3.05, 3.63) is 69.9 Å². The topological polar surface area (TPSA) is 191 Å². The number of amides is 2. The van der Waals surface area contributed by atoms with Gasteiger partial charge in [-0.25, -0.2) is 9.59 Å². The molecule has 2 aromatic heterocycles. The number of rotatable bonds is 6. The number of ether oxygens (including phenoxy) is 1. The number of carbonyl (C=O) groups is 3. The molecule has 4 heterocycles. The van der Waals surface area contributed by atoms with Crippen LogP contribution >= 0.6 is 11.6 Å². The maximum atomic E-state index is 13.6. The van der Waals surface area contributed by atoms with Gasteiger partial charge in [0.2, 0.25) is 11.8 Å². The number of nitrogens with one attached hydrogen (secondary N) is 3. The molecule has 4 N–H and O–H groups in total. The van der Waals surface area contributed by atoms with Gasteiger partial charge in [-0.05, 0) is 59.3 Å². The number of likely N-dealkylation sites (tertiary alicyclic amines) is 1. The molecule has 2 fully saturated rings.